The highest BCUT2D eigenvalue weighted by molar-refractivity contribution is 7.16. The highest BCUT2D eigenvalue weighted by atomic mass is 32.1. The Morgan fingerprint density at radius 1 is 1.33 bits per heavy atom. The monoisotopic (exact) mass is 338 g/mol. The van der Waals surface area contributed by atoms with Crippen molar-refractivity contribution in [1.82, 2.24) is 0 Å². The second kappa shape index (κ2) is 6.78. The smallest absolute Gasteiger partial charge is 0.256 e. The van der Waals surface area contributed by atoms with Crippen molar-refractivity contribution >= 4 is 22.2 Å². The Balaban J connectivity index is 1.83. The Hall–Kier alpha value is -2.12. The molecule has 124 valence electrons. The summed E-state index contributed by atoms with van der Waals surface area (Å²) in [5.41, 5.74) is 3.65. The van der Waals surface area contributed by atoms with Gasteiger partial charge in [0.2, 0.25) is 0 Å². The molecular weight excluding hydrogens is 316 g/mol. The number of anilines is 1. The summed E-state index contributed by atoms with van der Waals surface area (Å²) >= 11 is 1.57. The summed E-state index contributed by atoms with van der Waals surface area (Å²) in [5.74, 6) is 0.946. The van der Waals surface area contributed by atoms with Crippen molar-refractivity contribution in [3.05, 3.63) is 51.4 Å². The van der Waals surface area contributed by atoms with Crippen LogP contribution in [0.5, 0.6) is 0 Å². The van der Waals surface area contributed by atoms with Gasteiger partial charge in [-0.1, -0.05) is 32.9 Å². The van der Waals surface area contributed by atoms with E-state index in [1.165, 1.54) is 10.4 Å². The SMILES string of the molecule is CC1CCc2c(sc(NC(=O)c3ccc(C(C)C)cc3)c2C#N)C1. The number of thiophene rings is 1. The Morgan fingerprint density at radius 3 is 2.67 bits per heavy atom. The van der Waals surface area contributed by atoms with Gasteiger partial charge in [-0.2, -0.15) is 5.26 Å². The molecule has 0 bridgehead atoms. The van der Waals surface area contributed by atoms with Gasteiger partial charge in [0.1, 0.15) is 11.1 Å². The van der Waals surface area contributed by atoms with Gasteiger partial charge in [-0.15, -0.1) is 11.3 Å². The minimum Gasteiger partial charge on any atom is -0.312 e. The van der Waals surface area contributed by atoms with Crippen molar-refractivity contribution in [2.75, 3.05) is 5.32 Å². The van der Waals surface area contributed by atoms with E-state index in [0.29, 0.717) is 28.0 Å². The second-order valence-corrected chi connectivity index (χ2v) is 8.00. The Labute approximate surface area is 147 Å². The molecule has 1 aliphatic rings. The number of nitrogens with zero attached hydrogens (tertiary/aromatic N) is 1. The van der Waals surface area contributed by atoms with Crippen LogP contribution in [0.25, 0.3) is 0 Å². The molecule has 2 aromatic rings. The van der Waals surface area contributed by atoms with E-state index < -0.39 is 0 Å². The quantitative estimate of drug-likeness (QED) is 0.844. The summed E-state index contributed by atoms with van der Waals surface area (Å²) < 4.78 is 0. The fourth-order valence-corrected chi connectivity index (χ4v) is 4.51. The van der Waals surface area contributed by atoms with Crippen molar-refractivity contribution in [3.63, 3.8) is 0 Å². The maximum absolute atomic E-state index is 12.5. The maximum Gasteiger partial charge on any atom is 0.256 e. The maximum atomic E-state index is 12.5. The lowest BCUT2D eigenvalue weighted by atomic mass is 9.88. The summed E-state index contributed by atoms with van der Waals surface area (Å²) in [6.45, 7) is 6.50. The molecule has 1 aromatic heterocycles. The van der Waals surface area contributed by atoms with Crippen molar-refractivity contribution in [3.8, 4) is 6.07 Å². The van der Waals surface area contributed by atoms with Crippen LogP contribution in [0.3, 0.4) is 0 Å². The standard InChI is InChI=1S/C20H22N2OS/c1-12(2)14-5-7-15(8-6-14)19(23)22-20-17(11-21)16-9-4-13(3)10-18(16)24-20/h5-8,12-13H,4,9-10H2,1-3H3,(H,22,23). The average Bonchev–Trinajstić information content (AvgIpc) is 2.90. The van der Waals surface area contributed by atoms with Gasteiger partial charge in [-0.05, 0) is 54.4 Å². The minimum absolute atomic E-state index is 0.145. The normalized spacial score (nSPS) is 16.5. The zero-order valence-electron chi connectivity index (χ0n) is 14.3. The molecule has 0 aliphatic heterocycles. The van der Waals surface area contributed by atoms with E-state index in [4.69, 9.17) is 0 Å². The minimum atomic E-state index is -0.145. The van der Waals surface area contributed by atoms with E-state index in [0.717, 1.165) is 24.8 Å². The number of rotatable bonds is 3. The fraction of sp³-hybridized carbons (Fsp3) is 0.400. The van der Waals surface area contributed by atoms with Crippen molar-refractivity contribution < 1.29 is 4.79 Å². The van der Waals surface area contributed by atoms with Gasteiger partial charge in [0.05, 0.1) is 5.56 Å². The van der Waals surface area contributed by atoms with E-state index in [9.17, 15) is 10.1 Å². The van der Waals surface area contributed by atoms with E-state index in [-0.39, 0.29) is 5.91 Å². The lowest BCUT2D eigenvalue weighted by molar-refractivity contribution is 0.102. The molecule has 0 fully saturated rings. The molecule has 4 heteroatoms. The molecule has 0 saturated carbocycles. The predicted octanol–water partition coefficient (Wildman–Crippen LogP) is 5.12. The molecule has 0 spiro atoms. The van der Waals surface area contributed by atoms with Crippen LogP contribution >= 0.6 is 11.3 Å². The second-order valence-electron chi connectivity index (χ2n) is 6.90. The van der Waals surface area contributed by atoms with Crippen molar-refractivity contribution in [2.45, 2.75) is 46.0 Å². The molecular formula is C20H22N2OS. The average molecular weight is 338 g/mol. The number of hydrogen-bond donors (Lipinski definition) is 1. The Bertz CT molecular complexity index is 796. The van der Waals surface area contributed by atoms with Gasteiger partial charge in [-0.25, -0.2) is 0 Å². The molecule has 1 heterocycles. The van der Waals surface area contributed by atoms with E-state index in [1.807, 2.05) is 24.3 Å². The van der Waals surface area contributed by atoms with Crippen LogP contribution in [-0.4, -0.2) is 5.91 Å². The molecule has 1 aliphatic carbocycles. The molecule has 0 radical (unpaired) electrons. The van der Waals surface area contributed by atoms with Crippen LogP contribution < -0.4 is 5.32 Å². The molecule has 24 heavy (non-hydrogen) atoms. The highest BCUT2D eigenvalue weighted by Crippen LogP contribution is 2.39. The fourth-order valence-electron chi connectivity index (χ4n) is 3.15. The molecule has 1 unspecified atom stereocenters. The van der Waals surface area contributed by atoms with Gasteiger partial charge in [0.25, 0.3) is 5.91 Å². The molecule has 1 atom stereocenters. The van der Waals surface area contributed by atoms with Gasteiger partial charge >= 0.3 is 0 Å². The number of amides is 1. The Morgan fingerprint density at radius 2 is 2.04 bits per heavy atom. The third kappa shape index (κ3) is 3.22. The topological polar surface area (TPSA) is 52.9 Å². The number of hydrogen-bond acceptors (Lipinski definition) is 3. The molecule has 1 amide bonds. The summed E-state index contributed by atoms with van der Waals surface area (Å²) in [5, 5.41) is 13.2. The molecule has 1 aromatic carbocycles. The van der Waals surface area contributed by atoms with Crippen molar-refractivity contribution in [1.29, 1.82) is 5.26 Å². The van der Waals surface area contributed by atoms with Crippen LogP contribution in [0, 0.1) is 17.2 Å². The molecule has 3 nitrogen and oxygen atoms in total. The van der Waals surface area contributed by atoms with E-state index in [2.05, 4.69) is 32.2 Å². The van der Waals surface area contributed by atoms with Crippen LogP contribution in [0.15, 0.2) is 24.3 Å². The highest BCUT2D eigenvalue weighted by Gasteiger charge is 2.24. The summed E-state index contributed by atoms with van der Waals surface area (Å²) in [4.78, 5) is 13.8. The number of carbonyl (C=O) groups excluding carboxylic acids is 1. The summed E-state index contributed by atoms with van der Waals surface area (Å²) in [6.07, 6.45) is 3.06. The zero-order chi connectivity index (χ0) is 17.3. The lowest BCUT2D eigenvalue weighted by Crippen LogP contribution is -2.12. The first-order chi connectivity index (χ1) is 11.5. The molecule has 3 rings (SSSR count). The number of fused-ring (bicyclic) bond motifs is 1. The van der Waals surface area contributed by atoms with Crippen LogP contribution in [0.4, 0.5) is 5.00 Å². The summed E-state index contributed by atoms with van der Waals surface area (Å²) in [6, 6.07) is 9.99. The van der Waals surface area contributed by atoms with E-state index in [1.54, 1.807) is 11.3 Å². The summed E-state index contributed by atoms with van der Waals surface area (Å²) in [7, 11) is 0. The van der Waals surface area contributed by atoms with Gasteiger partial charge < -0.3 is 5.32 Å². The van der Waals surface area contributed by atoms with Crippen molar-refractivity contribution in [2.24, 2.45) is 5.92 Å². The third-order valence-corrected chi connectivity index (χ3v) is 5.86. The number of nitriles is 1. The molecule has 0 saturated heterocycles. The third-order valence-electron chi connectivity index (χ3n) is 4.69. The number of benzene rings is 1. The van der Waals surface area contributed by atoms with Gasteiger partial charge in [-0.3, -0.25) is 4.79 Å². The Kier molecular flexibility index (Phi) is 4.73. The predicted molar refractivity (Wildman–Crippen MR) is 98.7 cm³/mol. The first-order valence-corrected chi connectivity index (χ1v) is 9.27. The zero-order valence-corrected chi connectivity index (χ0v) is 15.2. The number of nitrogens with one attached hydrogen (secondary N) is 1. The van der Waals surface area contributed by atoms with Crippen LogP contribution in [0.2, 0.25) is 0 Å². The first-order valence-electron chi connectivity index (χ1n) is 8.45. The largest absolute Gasteiger partial charge is 0.312 e. The first kappa shape index (κ1) is 16.7. The van der Waals surface area contributed by atoms with Gasteiger partial charge in [0.15, 0.2) is 0 Å². The van der Waals surface area contributed by atoms with E-state index >= 15 is 0 Å². The van der Waals surface area contributed by atoms with Crippen LogP contribution in [-0.2, 0) is 12.8 Å². The van der Waals surface area contributed by atoms with Crippen LogP contribution in [0.1, 0.15) is 65.0 Å². The lowest BCUT2D eigenvalue weighted by Gasteiger charge is -2.17. The molecule has 1 N–H and O–H groups in total. The van der Waals surface area contributed by atoms with Gasteiger partial charge in [0, 0.05) is 10.4 Å². The number of carbonyl (C=O) groups is 1.